The number of benzene rings is 2. The molecule has 2 aromatic rings. The lowest BCUT2D eigenvalue weighted by molar-refractivity contribution is 0.511. The molecule has 0 heterocycles. The van der Waals surface area contributed by atoms with Crippen molar-refractivity contribution in [2.24, 2.45) is 0 Å². The van der Waals surface area contributed by atoms with Gasteiger partial charge in [0.05, 0.1) is 4.47 Å². The Hall–Kier alpha value is -0.970. The average Bonchev–Trinajstić information content (AvgIpc) is 2.46. The molecule has 0 aliphatic rings. The molecule has 112 valence electrons. The second-order valence-electron chi connectivity index (χ2n) is 4.87. The Labute approximate surface area is 136 Å². The lowest BCUT2D eigenvalue weighted by Crippen LogP contribution is -2.21. The van der Waals surface area contributed by atoms with Gasteiger partial charge in [0.2, 0.25) is 0 Å². The molecule has 0 aliphatic carbocycles. The zero-order valence-corrected chi connectivity index (χ0v) is 14.0. The van der Waals surface area contributed by atoms with Gasteiger partial charge in [-0.2, -0.15) is 0 Å². The Morgan fingerprint density at radius 3 is 2.62 bits per heavy atom. The number of rotatable bonds is 4. The van der Waals surface area contributed by atoms with Crippen molar-refractivity contribution in [3.63, 3.8) is 0 Å². The van der Waals surface area contributed by atoms with Gasteiger partial charge in [-0.1, -0.05) is 17.7 Å². The molecule has 1 nitrogen and oxygen atoms in total. The van der Waals surface area contributed by atoms with Gasteiger partial charge in [0, 0.05) is 16.6 Å². The summed E-state index contributed by atoms with van der Waals surface area (Å²) < 4.78 is 28.3. The maximum atomic E-state index is 14.1. The Morgan fingerprint density at radius 2 is 1.95 bits per heavy atom. The first-order chi connectivity index (χ1) is 9.93. The van der Waals surface area contributed by atoms with E-state index in [0.29, 0.717) is 5.02 Å². The lowest BCUT2D eigenvalue weighted by Gasteiger charge is -2.20. The molecule has 2 rings (SSSR count). The Bertz CT molecular complexity index is 661. The van der Waals surface area contributed by atoms with E-state index in [0.717, 1.165) is 11.1 Å². The fourth-order valence-corrected chi connectivity index (χ4v) is 2.87. The minimum absolute atomic E-state index is 0.0584. The topological polar surface area (TPSA) is 12.0 Å². The molecule has 0 saturated heterocycles. The van der Waals surface area contributed by atoms with Crippen molar-refractivity contribution >= 4 is 27.5 Å². The number of nitrogens with one attached hydrogen (secondary N) is 1. The summed E-state index contributed by atoms with van der Waals surface area (Å²) in [7, 11) is 1.76. The van der Waals surface area contributed by atoms with Crippen LogP contribution in [0.2, 0.25) is 5.02 Å². The van der Waals surface area contributed by atoms with Gasteiger partial charge in [-0.3, -0.25) is 0 Å². The van der Waals surface area contributed by atoms with Crippen LogP contribution in [-0.2, 0) is 6.42 Å². The van der Waals surface area contributed by atoms with E-state index in [1.165, 1.54) is 12.1 Å². The van der Waals surface area contributed by atoms with Gasteiger partial charge >= 0.3 is 0 Å². The van der Waals surface area contributed by atoms with Gasteiger partial charge in [-0.25, -0.2) is 8.78 Å². The van der Waals surface area contributed by atoms with Crippen molar-refractivity contribution in [3.8, 4) is 0 Å². The molecular weight excluding hydrogens is 360 g/mol. The van der Waals surface area contributed by atoms with Crippen LogP contribution >= 0.6 is 27.5 Å². The van der Waals surface area contributed by atoms with Gasteiger partial charge in [-0.15, -0.1) is 0 Å². The van der Waals surface area contributed by atoms with E-state index < -0.39 is 11.6 Å². The van der Waals surface area contributed by atoms with Gasteiger partial charge in [0.1, 0.15) is 11.6 Å². The number of halogens is 4. The molecule has 0 amide bonds. The first kappa shape index (κ1) is 16.4. The summed E-state index contributed by atoms with van der Waals surface area (Å²) in [6, 6.07) is 7.93. The molecule has 1 unspecified atom stereocenters. The minimum atomic E-state index is -0.560. The van der Waals surface area contributed by atoms with Crippen LogP contribution in [0.4, 0.5) is 8.78 Å². The molecule has 21 heavy (non-hydrogen) atoms. The fraction of sp³-hybridized carbons (Fsp3) is 0.250. The van der Waals surface area contributed by atoms with E-state index in [-0.39, 0.29) is 22.5 Å². The number of aryl methyl sites for hydroxylation is 1. The van der Waals surface area contributed by atoms with Crippen LogP contribution in [-0.4, -0.2) is 7.05 Å². The highest BCUT2D eigenvalue weighted by molar-refractivity contribution is 9.10. The number of hydrogen-bond donors (Lipinski definition) is 1. The molecule has 0 radical (unpaired) electrons. The summed E-state index contributed by atoms with van der Waals surface area (Å²) in [5, 5.41) is 3.70. The first-order valence-electron chi connectivity index (χ1n) is 6.49. The number of hydrogen-bond acceptors (Lipinski definition) is 1. The smallest absolute Gasteiger partial charge is 0.143 e. The molecule has 0 aliphatic heterocycles. The monoisotopic (exact) mass is 373 g/mol. The van der Waals surface area contributed by atoms with Crippen LogP contribution in [0, 0.1) is 18.6 Å². The van der Waals surface area contributed by atoms with Gasteiger partial charge in [-0.05, 0) is 71.7 Å². The standard InChI is InChI=1S/C16H15BrClF2N/c1-9-3-4-10(18)7-11(9)15(21-2)8-12-14(19)6-5-13(17)16(12)20/h3-7,15,21H,8H2,1-2H3. The third kappa shape index (κ3) is 3.62. The summed E-state index contributed by atoms with van der Waals surface area (Å²) in [5.41, 5.74) is 2.02. The van der Waals surface area contributed by atoms with Crippen LogP contribution in [0.3, 0.4) is 0 Å². The van der Waals surface area contributed by atoms with Crippen molar-refractivity contribution in [3.05, 3.63) is 68.2 Å². The van der Waals surface area contributed by atoms with Crippen molar-refractivity contribution in [2.45, 2.75) is 19.4 Å². The van der Waals surface area contributed by atoms with Crippen molar-refractivity contribution in [2.75, 3.05) is 7.05 Å². The van der Waals surface area contributed by atoms with Crippen LogP contribution in [0.25, 0.3) is 0 Å². The van der Waals surface area contributed by atoms with Gasteiger partial charge in [0.15, 0.2) is 0 Å². The molecule has 5 heteroatoms. The van der Waals surface area contributed by atoms with Crippen molar-refractivity contribution in [1.29, 1.82) is 0 Å². The summed E-state index contributed by atoms with van der Waals surface area (Å²) >= 11 is 9.12. The highest BCUT2D eigenvalue weighted by Gasteiger charge is 2.19. The lowest BCUT2D eigenvalue weighted by atomic mass is 9.95. The summed E-state index contributed by atoms with van der Waals surface area (Å²) in [4.78, 5) is 0. The largest absolute Gasteiger partial charge is 0.313 e. The molecule has 0 saturated carbocycles. The highest BCUT2D eigenvalue weighted by Crippen LogP contribution is 2.29. The van der Waals surface area contributed by atoms with Crippen LogP contribution < -0.4 is 5.32 Å². The molecule has 0 aromatic heterocycles. The summed E-state index contributed by atoms with van der Waals surface area (Å²) in [6.45, 7) is 1.95. The summed E-state index contributed by atoms with van der Waals surface area (Å²) in [6.07, 6.45) is 0.203. The van der Waals surface area contributed by atoms with E-state index in [4.69, 9.17) is 11.6 Å². The SMILES string of the molecule is CNC(Cc1c(F)ccc(Br)c1F)c1cc(Cl)ccc1C. The predicted molar refractivity (Wildman–Crippen MR) is 85.8 cm³/mol. The van der Waals surface area contributed by atoms with Crippen LogP contribution in [0.5, 0.6) is 0 Å². The third-order valence-corrected chi connectivity index (χ3v) is 4.36. The van der Waals surface area contributed by atoms with E-state index in [2.05, 4.69) is 21.2 Å². The van der Waals surface area contributed by atoms with Crippen molar-refractivity contribution < 1.29 is 8.78 Å². The molecular formula is C16H15BrClF2N. The first-order valence-corrected chi connectivity index (χ1v) is 7.66. The maximum absolute atomic E-state index is 14.1. The van der Waals surface area contributed by atoms with Crippen molar-refractivity contribution in [1.82, 2.24) is 5.32 Å². The molecule has 0 fully saturated rings. The van der Waals surface area contributed by atoms with Crippen LogP contribution in [0.15, 0.2) is 34.8 Å². The van der Waals surface area contributed by atoms with E-state index >= 15 is 0 Å². The zero-order valence-electron chi connectivity index (χ0n) is 11.7. The Kier molecular flexibility index (Phi) is 5.36. The second kappa shape index (κ2) is 6.86. The van der Waals surface area contributed by atoms with Gasteiger partial charge < -0.3 is 5.32 Å². The van der Waals surface area contributed by atoms with E-state index in [9.17, 15) is 8.78 Å². The zero-order chi connectivity index (χ0) is 15.6. The second-order valence-corrected chi connectivity index (χ2v) is 6.16. The van der Waals surface area contributed by atoms with Gasteiger partial charge in [0.25, 0.3) is 0 Å². The Balaban J connectivity index is 2.40. The fourth-order valence-electron chi connectivity index (χ4n) is 2.31. The maximum Gasteiger partial charge on any atom is 0.143 e. The normalized spacial score (nSPS) is 12.5. The highest BCUT2D eigenvalue weighted by atomic mass is 79.9. The third-order valence-electron chi connectivity index (χ3n) is 3.51. The predicted octanol–water partition coefficient (Wildman–Crippen LogP) is 5.19. The van der Waals surface area contributed by atoms with E-state index in [1.807, 2.05) is 19.1 Å². The molecule has 1 N–H and O–H groups in total. The molecule has 2 aromatic carbocycles. The quantitative estimate of drug-likeness (QED) is 0.726. The minimum Gasteiger partial charge on any atom is -0.313 e. The number of likely N-dealkylation sites (N-methyl/N-ethyl adjacent to an activating group) is 1. The average molecular weight is 375 g/mol. The summed E-state index contributed by atoms with van der Waals surface area (Å²) in [5.74, 6) is -1.11. The molecule has 0 bridgehead atoms. The molecule has 0 spiro atoms. The van der Waals surface area contributed by atoms with E-state index in [1.54, 1.807) is 13.1 Å². The Morgan fingerprint density at radius 1 is 1.24 bits per heavy atom. The van der Waals surface area contributed by atoms with Crippen LogP contribution in [0.1, 0.15) is 22.7 Å². The molecule has 1 atom stereocenters.